The van der Waals surface area contributed by atoms with Crippen LogP contribution >= 0.6 is 0 Å². The molecule has 12 aliphatic rings. The van der Waals surface area contributed by atoms with Crippen LogP contribution in [-0.2, 0) is 109 Å². The maximum absolute atomic E-state index is 11.0. The molecule has 12 fully saturated rings. The molecule has 12 heterocycles. The second kappa shape index (κ2) is 47.4. The third kappa shape index (κ3) is 24.3. The van der Waals surface area contributed by atoms with Crippen molar-refractivity contribution in [3.05, 3.63) is 0 Å². The van der Waals surface area contributed by atoms with Gasteiger partial charge in [0.05, 0.1) is 79.3 Å². The van der Waals surface area contributed by atoms with Gasteiger partial charge in [0.15, 0.2) is 75.5 Å². The molecule has 0 unspecified atom stereocenters. The summed E-state index contributed by atoms with van der Waals surface area (Å²) in [5.74, 6) is 0. The van der Waals surface area contributed by atoms with E-state index >= 15 is 0 Å². The van der Waals surface area contributed by atoms with Crippen molar-refractivity contribution in [3.63, 3.8) is 0 Å². The Morgan fingerprint density at radius 3 is 0.331 bits per heavy atom. The predicted molar refractivity (Wildman–Crippen MR) is 395 cm³/mol. The van der Waals surface area contributed by atoms with E-state index in [0.717, 1.165) is 0 Å². The highest BCUT2D eigenvalue weighted by atomic mass is 16.8. The highest BCUT2D eigenvalue weighted by Crippen LogP contribution is 2.37. The van der Waals surface area contributed by atoms with Crippen LogP contribution < -0.4 is 0 Å². The molecule has 0 amide bonds. The minimum atomic E-state index is -2.17. The number of aliphatic hydroxyl groups excluding tert-OH is 38. The van der Waals surface area contributed by atoms with E-state index in [4.69, 9.17) is 109 Å². The molecule has 0 aromatic heterocycles. The van der Waals surface area contributed by atoms with Crippen molar-refractivity contribution in [1.29, 1.82) is 0 Å². The van der Waals surface area contributed by atoms with Crippen LogP contribution in [-0.4, -0.2) is 642 Å². The Hall–Kier alpha value is -2.44. The van der Waals surface area contributed by atoms with E-state index in [-0.39, 0.29) is 0 Å². The second-order valence-corrected chi connectivity index (χ2v) is 34.0. The molecule has 12 aliphatic heterocycles. The summed E-state index contributed by atoms with van der Waals surface area (Å²) >= 11 is 0. The first-order chi connectivity index (χ1) is 62.8. The lowest BCUT2D eigenvalue weighted by molar-refractivity contribution is -0.356. The SMILES string of the molecule is OC[C@H]1O[C@@H](OC[C@H]2O[C@@H](OC[C@H]3O[C@@H](OC[C@H]4O[C@@H](OC[C@H]5O[C@@H](OC[C@H]6O[C@@H](OC[C@H]7O[C@@H](OC[C@H]8O[C@@H](OC[C@H]9O[C@@H](OC[C@H]%10O[C@@H](OC[C@H]%11O[C@@H](OC[C@H]%12O[C@@H](O)[C@H](O)[C@@H](O)[C@@H]%12O)[C@H](O)[C@@H](O)[C@H]%11O)[C@H](O)[C@@H](O)[C@H]%10O)[C@H](O)[C@@H](O)[C@H]9O)[C@H](O)[C@@H](O)[C@H]8O)[C@H](O)[C@@H](O)[C@H]7O)[C@H](O)[C@@H](O)[C@H]6O)[C@H](O)[C@@H](O)[C@H]5O)[C@H](O)[C@@H](O)[C@H]4O)[C@H](O)[C@@H](O)[C@H]3O)[C@H](O)[C@@H](O)[C@H]2O)[C@H](O)[C@@H](O)[C@H]1O. The Labute approximate surface area is 748 Å². The molecule has 0 radical (unpaired) electrons. The van der Waals surface area contributed by atoms with Crippen molar-refractivity contribution in [2.75, 3.05) is 79.3 Å². The molecule has 0 bridgehead atoms. The molecule has 776 valence electrons. The van der Waals surface area contributed by atoms with Crippen molar-refractivity contribution in [1.82, 2.24) is 0 Å². The van der Waals surface area contributed by atoms with Crippen LogP contribution in [0.3, 0.4) is 0 Å². The Morgan fingerprint density at radius 2 is 0.211 bits per heavy atom. The van der Waals surface area contributed by atoms with Gasteiger partial charge in [0.2, 0.25) is 0 Å². The zero-order valence-corrected chi connectivity index (χ0v) is 69.5. The lowest BCUT2D eigenvalue weighted by atomic mass is 9.97. The van der Waals surface area contributed by atoms with Crippen LogP contribution in [0, 0.1) is 0 Å². The fourth-order valence-corrected chi connectivity index (χ4v) is 16.3. The fraction of sp³-hybridized carbons (Fsp3) is 1.00. The number of aliphatic hydroxyl groups is 38. The third-order valence-electron chi connectivity index (χ3n) is 24.9. The number of rotatable bonds is 34. The molecular weight excluding hydrogens is 1840 g/mol. The van der Waals surface area contributed by atoms with Crippen LogP contribution in [0.15, 0.2) is 0 Å². The minimum absolute atomic E-state index is 0.749. The first kappa shape index (κ1) is 109. The smallest absolute Gasteiger partial charge is 0.186 e. The Kier molecular flexibility index (Phi) is 39.0. The summed E-state index contributed by atoms with van der Waals surface area (Å²) < 4.78 is 128. The molecule has 0 saturated carbocycles. The summed E-state index contributed by atoms with van der Waals surface area (Å²) in [6, 6.07) is 0. The molecule has 0 aromatic rings. The van der Waals surface area contributed by atoms with Gasteiger partial charge < -0.3 is 303 Å². The second-order valence-electron chi connectivity index (χ2n) is 34.0. The average molecular weight is 1960 g/mol. The van der Waals surface area contributed by atoms with Gasteiger partial charge in [-0.15, -0.1) is 0 Å². The van der Waals surface area contributed by atoms with E-state index < -0.39 is 448 Å². The number of hydrogen-bond donors (Lipinski definition) is 38. The van der Waals surface area contributed by atoms with Crippen molar-refractivity contribution in [2.24, 2.45) is 0 Å². The number of hydrogen-bond acceptors (Lipinski definition) is 61. The molecule has 133 heavy (non-hydrogen) atoms. The van der Waals surface area contributed by atoms with Gasteiger partial charge in [0.25, 0.3) is 0 Å². The molecule has 0 aliphatic carbocycles. The first-order valence-corrected chi connectivity index (χ1v) is 42.2. The van der Waals surface area contributed by atoms with E-state index in [9.17, 15) is 194 Å². The Morgan fingerprint density at radius 1 is 0.113 bits per heavy atom. The maximum atomic E-state index is 11.0. The largest absolute Gasteiger partial charge is 0.394 e. The van der Waals surface area contributed by atoms with Crippen molar-refractivity contribution < 1.29 is 303 Å². The van der Waals surface area contributed by atoms with Crippen LogP contribution in [0.25, 0.3) is 0 Å². The van der Waals surface area contributed by atoms with E-state index in [2.05, 4.69) is 0 Å². The summed E-state index contributed by atoms with van der Waals surface area (Å²) in [4.78, 5) is 0. The van der Waals surface area contributed by atoms with Crippen molar-refractivity contribution >= 4 is 0 Å². The lowest BCUT2D eigenvalue weighted by Crippen LogP contribution is -2.64. The Bertz CT molecular complexity index is 3330. The minimum Gasteiger partial charge on any atom is -0.394 e. The maximum Gasteiger partial charge on any atom is 0.186 e. The van der Waals surface area contributed by atoms with Crippen LogP contribution in [0.5, 0.6) is 0 Å². The molecule has 0 aromatic carbocycles. The van der Waals surface area contributed by atoms with Gasteiger partial charge >= 0.3 is 0 Å². The lowest BCUT2D eigenvalue weighted by Gasteiger charge is -2.45. The fourth-order valence-electron chi connectivity index (χ4n) is 16.3. The zero-order chi connectivity index (χ0) is 97.4. The van der Waals surface area contributed by atoms with Gasteiger partial charge in [-0.25, -0.2) is 0 Å². The topological polar surface area (TPSA) is 981 Å². The van der Waals surface area contributed by atoms with Gasteiger partial charge in [-0.3, -0.25) is 0 Å². The van der Waals surface area contributed by atoms with Crippen LogP contribution in [0.4, 0.5) is 0 Å². The summed E-state index contributed by atoms with van der Waals surface area (Å²) in [6.07, 6.45) is -117. The standard InChI is InChI=1S/C72H122O61/c73-1-13-25(74)38(87)50(99)62(123-13)112-3-15-27(76)40(89)52(101)64(125-15)114-5-17-29(78)42(91)54(103)66(127-17)116-7-19-31(80)44(93)56(105)68(129-19)118-9-21-33(82)46(95)58(107)70(131-21)120-11-23-35(84)48(97)60(109)72(133-23)121-12-24-36(85)47(96)59(108)71(132-24)119-10-22-34(83)45(94)57(106)69(130-22)117-8-20-32(81)43(92)55(104)67(128-20)115-6-18-30(79)41(90)53(102)65(126-18)113-4-16-28(77)39(88)51(100)63(124-16)111-2-14-26(75)37(86)49(98)61(110)122-14/h13-110H,1-12H2/t13-,14-,15-,16-,17-,18-,19-,20-,21-,22-,23-,24-,25+,26-,27+,28+,29+,30+,31+,32+,33+,34+,35+,36+,37+,38+,39+,40+,41+,42+,43+,44+,45+,46+,47+,48+,49-,50-,51-,52-,53-,54-,55-,56-,57-,58-,59-,60-,61-,62-,63-,64-,65-,66-,67-,68-,69-,70-,71-,72-/m1/s1. The summed E-state index contributed by atoms with van der Waals surface area (Å²) in [5.41, 5.74) is 0. The highest BCUT2D eigenvalue weighted by molar-refractivity contribution is 5.01. The summed E-state index contributed by atoms with van der Waals surface area (Å²) in [5, 5.41) is 407. The molecule has 0 spiro atoms. The third-order valence-corrected chi connectivity index (χ3v) is 24.9. The molecular formula is C72H122O61. The van der Waals surface area contributed by atoms with E-state index in [0.29, 0.717) is 0 Å². The molecule has 12 rings (SSSR count). The molecule has 12 saturated heterocycles. The van der Waals surface area contributed by atoms with E-state index in [1.165, 1.54) is 0 Å². The summed E-state index contributed by atoms with van der Waals surface area (Å²) in [6.45, 7) is -10.6. The van der Waals surface area contributed by atoms with E-state index in [1.807, 2.05) is 0 Å². The number of ether oxygens (including phenoxy) is 23. The van der Waals surface area contributed by atoms with E-state index in [1.54, 1.807) is 0 Å². The van der Waals surface area contributed by atoms with Crippen LogP contribution in [0.1, 0.15) is 0 Å². The average Bonchev–Trinajstić information content (AvgIpc) is 0.792. The summed E-state index contributed by atoms with van der Waals surface area (Å²) in [7, 11) is 0. The zero-order valence-electron chi connectivity index (χ0n) is 69.5. The monoisotopic (exact) mass is 1960 g/mol. The van der Waals surface area contributed by atoms with Gasteiger partial charge in [-0.1, -0.05) is 0 Å². The predicted octanol–water partition coefficient (Wildman–Crippen LogP) is -27.2. The van der Waals surface area contributed by atoms with Crippen molar-refractivity contribution in [3.8, 4) is 0 Å². The van der Waals surface area contributed by atoms with Gasteiger partial charge in [0.1, 0.15) is 293 Å². The Balaban J connectivity index is 0.582. The normalized spacial score (nSPS) is 53.8. The highest BCUT2D eigenvalue weighted by Gasteiger charge is 2.58. The molecule has 38 N–H and O–H groups in total. The van der Waals surface area contributed by atoms with Gasteiger partial charge in [-0.05, 0) is 0 Å². The molecule has 60 atom stereocenters. The molecule has 61 heteroatoms. The van der Waals surface area contributed by atoms with Gasteiger partial charge in [-0.2, -0.15) is 0 Å². The quantitative estimate of drug-likeness (QED) is 0.0284. The van der Waals surface area contributed by atoms with Crippen molar-refractivity contribution in [2.45, 2.75) is 368 Å². The van der Waals surface area contributed by atoms with Crippen LogP contribution in [0.2, 0.25) is 0 Å². The first-order valence-electron chi connectivity index (χ1n) is 42.2. The molecule has 61 nitrogen and oxygen atoms in total. The van der Waals surface area contributed by atoms with Gasteiger partial charge in [0, 0.05) is 0 Å².